The van der Waals surface area contributed by atoms with Crippen molar-refractivity contribution in [2.75, 3.05) is 59.0 Å². The Morgan fingerprint density at radius 3 is 2.32 bits per heavy atom. The van der Waals surface area contributed by atoms with Gasteiger partial charge in [-0.3, -0.25) is 14.6 Å². The molecule has 0 aromatic heterocycles. The fourth-order valence-corrected chi connectivity index (χ4v) is 4.33. The molecule has 2 bridgehead atoms. The van der Waals surface area contributed by atoms with Gasteiger partial charge < -0.3 is 25.4 Å². The van der Waals surface area contributed by atoms with Gasteiger partial charge in [0.05, 0.1) is 36.9 Å². The minimum absolute atomic E-state index is 0.0321. The summed E-state index contributed by atoms with van der Waals surface area (Å²) in [6.45, 7) is 11.1. The zero-order chi connectivity index (χ0) is 24.7. The van der Waals surface area contributed by atoms with Crippen LogP contribution in [0, 0.1) is 11.3 Å². The number of hydrogen-bond acceptors (Lipinski definition) is 7. The lowest BCUT2D eigenvalue weighted by molar-refractivity contribution is -0.145. The SMILES string of the molecule is CC(C)(C)NC(=O)CN1CC2CN(CCN(CCOc3ccc(C#N)cc3)C(N)=O)CC(C1)O2. The summed E-state index contributed by atoms with van der Waals surface area (Å²) in [5.74, 6) is 0.676. The predicted octanol–water partition coefficient (Wildman–Crippen LogP) is 0.617. The number of nitrogens with zero attached hydrogens (tertiary/aromatic N) is 4. The molecule has 2 saturated heterocycles. The molecular weight excluding hydrogens is 436 g/mol. The number of morpholine rings is 2. The summed E-state index contributed by atoms with van der Waals surface area (Å²) in [6, 6.07) is 8.43. The van der Waals surface area contributed by atoms with Crippen LogP contribution in [0.25, 0.3) is 0 Å². The Balaban J connectivity index is 1.41. The maximum Gasteiger partial charge on any atom is 0.314 e. The Morgan fingerprint density at radius 2 is 1.76 bits per heavy atom. The fourth-order valence-electron chi connectivity index (χ4n) is 4.33. The third-order valence-electron chi connectivity index (χ3n) is 5.73. The summed E-state index contributed by atoms with van der Waals surface area (Å²) in [6.07, 6.45) is 0.0772. The van der Waals surface area contributed by atoms with Gasteiger partial charge in [0, 0.05) is 44.8 Å². The van der Waals surface area contributed by atoms with Crippen molar-refractivity contribution >= 4 is 11.9 Å². The fraction of sp³-hybridized carbons (Fsp3) is 0.625. The average Bonchev–Trinajstić information content (AvgIpc) is 2.74. The number of hydrogen-bond donors (Lipinski definition) is 2. The van der Waals surface area contributed by atoms with Crippen LogP contribution in [0.3, 0.4) is 0 Å². The molecule has 34 heavy (non-hydrogen) atoms. The summed E-state index contributed by atoms with van der Waals surface area (Å²) in [4.78, 5) is 30.2. The van der Waals surface area contributed by atoms with Crippen LogP contribution in [0.5, 0.6) is 5.75 Å². The van der Waals surface area contributed by atoms with Crippen molar-refractivity contribution in [2.24, 2.45) is 5.73 Å². The van der Waals surface area contributed by atoms with Crippen LogP contribution in [-0.2, 0) is 9.53 Å². The molecule has 0 radical (unpaired) electrons. The molecule has 0 spiro atoms. The minimum Gasteiger partial charge on any atom is -0.492 e. The quantitative estimate of drug-likeness (QED) is 0.540. The average molecular weight is 473 g/mol. The molecule has 0 aliphatic carbocycles. The molecule has 186 valence electrons. The molecule has 2 atom stereocenters. The molecule has 1 aromatic carbocycles. The third kappa shape index (κ3) is 8.17. The zero-order valence-electron chi connectivity index (χ0n) is 20.3. The van der Waals surface area contributed by atoms with Gasteiger partial charge >= 0.3 is 6.03 Å². The number of rotatable bonds is 9. The van der Waals surface area contributed by atoms with E-state index in [-0.39, 0.29) is 23.7 Å². The second kappa shape index (κ2) is 11.5. The van der Waals surface area contributed by atoms with E-state index in [1.54, 1.807) is 29.2 Å². The maximum absolute atomic E-state index is 12.3. The van der Waals surface area contributed by atoms with Crippen molar-refractivity contribution in [2.45, 2.75) is 38.5 Å². The highest BCUT2D eigenvalue weighted by Crippen LogP contribution is 2.19. The number of primary amides is 1. The number of nitrogens with two attached hydrogens (primary N) is 1. The highest BCUT2D eigenvalue weighted by atomic mass is 16.5. The van der Waals surface area contributed by atoms with Crippen LogP contribution in [0.1, 0.15) is 26.3 Å². The highest BCUT2D eigenvalue weighted by Gasteiger charge is 2.35. The van der Waals surface area contributed by atoms with Crippen molar-refractivity contribution in [1.82, 2.24) is 20.0 Å². The maximum atomic E-state index is 12.3. The number of nitrogens with one attached hydrogen (secondary N) is 1. The van der Waals surface area contributed by atoms with E-state index in [9.17, 15) is 9.59 Å². The summed E-state index contributed by atoms with van der Waals surface area (Å²) in [5, 5.41) is 11.9. The van der Waals surface area contributed by atoms with Crippen LogP contribution < -0.4 is 15.8 Å². The zero-order valence-corrected chi connectivity index (χ0v) is 20.3. The van der Waals surface area contributed by atoms with Gasteiger partial charge in [-0.25, -0.2) is 4.79 Å². The first kappa shape index (κ1) is 25.7. The third-order valence-corrected chi connectivity index (χ3v) is 5.73. The summed E-state index contributed by atoms with van der Waals surface area (Å²) in [5.41, 5.74) is 5.90. The largest absolute Gasteiger partial charge is 0.492 e. The molecule has 3 N–H and O–H groups in total. The lowest BCUT2D eigenvalue weighted by atomic mass is 10.1. The number of carbonyl (C=O) groups is 2. The smallest absolute Gasteiger partial charge is 0.314 e. The van der Waals surface area contributed by atoms with Crippen molar-refractivity contribution in [1.29, 1.82) is 5.26 Å². The number of carbonyl (C=O) groups excluding carboxylic acids is 2. The summed E-state index contributed by atoms with van der Waals surface area (Å²) >= 11 is 0. The standard InChI is InChI=1S/C24H36N6O4/c1-24(2,3)27-22(31)17-29-15-20-13-28(14-21(16-29)34-20)8-9-30(23(26)32)10-11-33-19-6-4-18(12-25)5-7-19/h4-7,20-21H,8-11,13-17H2,1-3H3,(H2,26,32)(H,27,31). The Labute approximate surface area is 201 Å². The van der Waals surface area contributed by atoms with E-state index >= 15 is 0 Å². The molecule has 2 aliphatic heterocycles. The first-order valence-electron chi connectivity index (χ1n) is 11.7. The highest BCUT2D eigenvalue weighted by molar-refractivity contribution is 5.78. The van der Waals surface area contributed by atoms with E-state index in [0.717, 1.165) is 13.1 Å². The summed E-state index contributed by atoms with van der Waals surface area (Å²) in [7, 11) is 0. The Hall–Kier alpha value is -2.87. The van der Waals surface area contributed by atoms with Gasteiger partial charge in [-0.2, -0.15) is 5.26 Å². The van der Waals surface area contributed by atoms with Gasteiger partial charge in [0.25, 0.3) is 0 Å². The van der Waals surface area contributed by atoms with E-state index in [1.165, 1.54) is 0 Å². The number of fused-ring (bicyclic) bond motifs is 2. The minimum atomic E-state index is -0.479. The van der Waals surface area contributed by atoms with Gasteiger partial charge in [0.1, 0.15) is 12.4 Å². The number of ether oxygens (including phenoxy) is 2. The van der Waals surface area contributed by atoms with Crippen LogP contribution in [-0.4, -0.2) is 103 Å². The van der Waals surface area contributed by atoms with Crippen LogP contribution in [0.4, 0.5) is 4.79 Å². The van der Waals surface area contributed by atoms with Gasteiger partial charge in [-0.15, -0.1) is 0 Å². The molecule has 3 rings (SSSR count). The number of benzene rings is 1. The van der Waals surface area contributed by atoms with Crippen LogP contribution in [0.15, 0.2) is 24.3 Å². The van der Waals surface area contributed by atoms with E-state index in [2.05, 4.69) is 21.2 Å². The molecule has 10 heteroatoms. The Morgan fingerprint density at radius 1 is 1.15 bits per heavy atom. The number of amides is 3. The molecule has 2 fully saturated rings. The first-order chi connectivity index (χ1) is 16.1. The van der Waals surface area contributed by atoms with Gasteiger partial charge in [0.15, 0.2) is 0 Å². The van der Waals surface area contributed by atoms with Crippen molar-refractivity contribution in [3.8, 4) is 11.8 Å². The number of urea groups is 1. The van der Waals surface area contributed by atoms with Crippen LogP contribution >= 0.6 is 0 Å². The molecule has 1 aromatic rings. The molecule has 10 nitrogen and oxygen atoms in total. The van der Waals surface area contributed by atoms with Crippen molar-refractivity contribution < 1.29 is 19.1 Å². The molecule has 0 saturated carbocycles. The number of nitriles is 1. The van der Waals surface area contributed by atoms with Gasteiger partial charge in [-0.05, 0) is 45.0 Å². The van der Waals surface area contributed by atoms with E-state index < -0.39 is 6.03 Å². The molecule has 2 unspecified atom stereocenters. The van der Waals surface area contributed by atoms with Crippen LogP contribution in [0.2, 0.25) is 0 Å². The van der Waals surface area contributed by atoms with E-state index in [4.69, 9.17) is 20.5 Å². The Bertz CT molecular complexity index is 865. The molecule has 2 heterocycles. The van der Waals surface area contributed by atoms with E-state index in [1.807, 2.05) is 20.8 Å². The summed E-state index contributed by atoms with van der Waals surface area (Å²) < 4.78 is 11.8. The monoisotopic (exact) mass is 472 g/mol. The van der Waals surface area contributed by atoms with Crippen molar-refractivity contribution in [3.63, 3.8) is 0 Å². The normalized spacial score (nSPS) is 20.9. The second-order valence-electron chi connectivity index (χ2n) is 9.94. The first-order valence-corrected chi connectivity index (χ1v) is 11.7. The predicted molar refractivity (Wildman–Crippen MR) is 127 cm³/mol. The Kier molecular flexibility index (Phi) is 8.72. The molecule has 3 amide bonds. The van der Waals surface area contributed by atoms with Gasteiger partial charge in [0.2, 0.25) is 5.91 Å². The van der Waals surface area contributed by atoms with Gasteiger partial charge in [-0.1, -0.05) is 0 Å². The van der Waals surface area contributed by atoms with Crippen molar-refractivity contribution in [3.05, 3.63) is 29.8 Å². The molecule has 2 aliphatic rings. The lowest BCUT2D eigenvalue weighted by Crippen LogP contribution is -2.61. The topological polar surface area (TPSA) is 124 Å². The lowest BCUT2D eigenvalue weighted by Gasteiger charge is -2.46. The second-order valence-corrected chi connectivity index (χ2v) is 9.94. The molecular formula is C24H36N6O4. The van der Waals surface area contributed by atoms with E-state index in [0.29, 0.717) is 57.2 Å².